The van der Waals surface area contributed by atoms with Crippen LogP contribution in [-0.4, -0.2) is 4.57 Å². The number of hydrogen-bond donors (Lipinski definition) is 0. The van der Waals surface area contributed by atoms with Gasteiger partial charge in [-0.3, -0.25) is 0 Å². The van der Waals surface area contributed by atoms with E-state index in [1.165, 1.54) is 105 Å². The smallest absolute Gasteiger partial charge is 0.0541 e. The molecule has 60 heavy (non-hydrogen) atoms. The summed E-state index contributed by atoms with van der Waals surface area (Å²) in [5, 5.41) is 5.01. The van der Waals surface area contributed by atoms with E-state index < -0.39 is 0 Å². The lowest BCUT2D eigenvalue weighted by atomic mass is 9.80. The topological polar surface area (TPSA) is 8.17 Å². The Morgan fingerprint density at radius 2 is 0.783 bits per heavy atom. The van der Waals surface area contributed by atoms with Crippen LogP contribution < -0.4 is 4.90 Å². The van der Waals surface area contributed by atoms with E-state index in [9.17, 15) is 0 Å². The standard InChI is InChI=1S/C58H44N2/c1-57(2)48-26-9-5-17-41(48)46-24-15-31-53(55(46)57)59(54-32-16-25-47-42-18-6-10-27-49(42)58(3,4)56(47)54)38-35-33-37(34-36-38)39-21-13-23-43-40(39)22-14-30-52(43)60-50-28-11-7-19-44(50)45-20-8-12-29-51(45)60/h5-36H,1-4H3. The molecule has 1 aromatic heterocycles. The van der Waals surface area contributed by atoms with Gasteiger partial charge in [0, 0.05) is 32.7 Å². The lowest BCUT2D eigenvalue weighted by Crippen LogP contribution is -2.23. The van der Waals surface area contributed by atoms with Crippen LogP contribution >= 0.6 is 0 Å². The molecule has 0 spiro atoms. The molecule has 2 heteroatoms. The Morgan fingerprint density at radius 3 is 1.37 bits per heavy atom. The van der Waals surface area contributed by atoms with Crippen LogP contribution in [-0.2, 0) is 10.8 Å². The van der Waals surface area contributed by atoms with E-state index in [4.69, 9.17) is 0 Å². The van der Waals surface area contributed by atoms with Crippen LogP contribution in [0.1, 0.15) is 49.9 Å². The minimum Gasteiger partial charge on any atom is -0.310 e. The third-order valence-corrected chi connectivity index (χ3v) is 13.8. The van der Waals surface area contributed by atoms with Gasteiger partial charge in [0.1, 0.15) is 0 Å². The molecule has 2 nitrogen and oxygen atoms in total. The predicted molar refractivity (Wildman–Crippen MR) is 254 cm³/mol. The highest BCUT2D eigenvalue weighted by Gasteiger charge is 2.42. The summed E-state index contributed by atoms with van der Waals surface area (Å²) in [5.41, 5.74) is 20.1. The molecule has 0 bridgehead atoms. The van der Waals surface area contributed by atoms with Gasteiger partial charge in [0.25, 0.3) is 0 Å². The summed E-state index contributed by atoms with van der Waals surface area (Å²) in [6, 6.07) is 72.2. The quantitative estimate of drug-likeness (QED) is 0.169. The first kappa shape index (κ1) is 34.8. The van der Waals surface area contributed by atoms with Crippen LogP contribution in [0.15, 0.2) is 194 Å². The van der Waals surface area contributed by atoms with E-state index in [2.05, 4.69) is 231 Å². The molecule has 0 saturated carbocycles. The Hall–Kier alpha value is -7.16. The summed E-state index contributed by atoms with van der Waals surface area (Å²) in [6.45, 7) is 9.58. The number of hydrogen-bond acceptors (Lipinski definition) is 1. The van der Waals surface area contributed by atoms with E-state index in [0.717, 1.165) is 5.69 Å². The molecule has 0 N–H and O–H groups in total. The van der Waals surface area contributed by atoms with Crippen molar-refractivity contribution in [2.24, 2.45) is 0 Å². The first-order chi connectivity index (χ1) is 29.3. The maximum atomic E-state index is 2.56. The van der Waals surface area contributed by atoms with Gasteiger partial charge < -0.3 is 9.47 Å². The zero-order chi connectivity index (χ0) is 40.3. The molecule has 0 amide bonds. The average Bonchev–Trinajstić information content (AvgIpc) is 3.84. The fourth-order valence-corrected chi connectivity index (χ4v) is 11.1. The SMILES string of the molecule is CC1(C)c2ccccc2-c2cccc(N(c3ccc(-c4cccc5c(-n6c7ccccc7c7ccccc76)cccc45)cc3)c3cccc4c3C(C)(C)c3ccccc3-4)c21. The highest BCUT2D eigenvalue weighted by Crippen LogP contribution is 2.58. The minimum absolute atomic E-state index is 0.186. The van der Waals surface area contributed by atoms with Crippen molar-refractivity contribution in [2.75, 3.05) is 4.90 Å². The van der Waals surface area contributed by atoms with E-state index in [1.54, 1.807) is 0 Å². The number of rotatable bonds is 5. The number of anilines is 3. The molecule has 286 valence electrons. The van der Waals surface area contributed by atoms with Crippen molar-refractivity contribution in [3.63, 3.8) is 0 Å². The van der Waals surface area contributed by atoms with E-state index in [1.807, 2.05) is 0 Å². The zero-order valence-corrected chi connectivity index (χ0v) is 34.4. The number of benzene rings is 9. The summed E-state index contributed by atoms with van der Waals surface area (Å²) >= 11 is 0. The summed E-state index contributed by atoms with van der Waals surface area (Å²) in [4.78, 5) is 2.56. The highest BCUT2D eigenvalue weighted by molar-refractivity contribution is 6.11. The van der Waals surface area contributed by atoms with Gasteiger partial charge in [-0.25, -0.2) is 0 Å². The molecular formula is C58H44N2. The summed E-state index contributed by atoms with van der Waals surface area (Å²) in [6.07, 6.45) is 0. The molecule has 0 fully saturated rings. The summed E-state index contributed by atoms with van der Waals surface area (Å²) in [7, 11) is 0. The number of fused-ring (bicyclic) bond motifs is 10. The molecule has 0 saturated heterocycles. The van der Waals surface area contributed by atoms with Gasteiger partial charge in [-0.1, -0.05) is 179 Å². The van der Waals surface area contributed by atoms with Crippen LogP contribution in [0.4, 0.5) is 17.1 Å². The Kier molecular flexibility index (Phi) is 7.36. The minimum atomic E-state index is -0.186. The Balaban J connectivity index is 1.05. The van der Waals surface area contributed by atoms with Crippen LogP contribution in [0.2, 0.25) is 0 Å². The van der Waals surface area contributed by atoms with Crippen LogP contribution in [0, 0.1) is 0 Å². The maximum absolute atomic E-state index is 2.56. The first-order valence-corrected chi connectivity index (χ1v) is 21.2. The summed E-state index contributed by atoms with van der Waals surface area (Å²) in [5.74, 6) is 0. The normalized spacial score (nSPS) is 14.3. The molecule has 2 aliphatic rings. The Labute approximate surface area is 351 Å². The predicted octanol–water partition coefficient (Wildman–Crippen LogP) is 15.7. The second-order valence-electron chi connectivity index (χ2n) is 17.7. The van der Waals surface area contributed by atoms with Crippen LogP contribution in [0.3, 0.4) is 0 Å². The van der Waals surface area contributed by atoms with Crippen molar-refractivity contribution in [2.45, 2.75) is 38.5 Å². The Morgan fingerprint density at radius 1 is 0.350 bits per heavy atom. The van der Waals surface area contributed by atoms with Gasteiger partial charge in [0.05, 0.1) is 28.1 Å². The highest BCUT2D eigenvalue weighted by atomic mass is 15.2. The Bertz CT molecular complexity index is 3220. The molecule has 0 aliphatic heterocycles. The molecule has 0 unspecified atom stereocenters. The van der Waals surface area contributed by atoms with E-state index >= 15 is 0 Å². The van der Waals surface area contributed by atoms with Crippen molar-refractivity contribution in [3.05, 3.63) is 216 Å². The largest absolute Gasteiger partial charge is 0.310 e. The van der Waals surface area contributed by atoms with Gasteiger partial charge >= 0.3 is 0 Å². The average molecular weight is 769 g/mol. The van der Waals surface area contributed by atoms with E-state index in [-0.39, 0.29) is 10.8 Å². The second-order valence-corrected chi connectivity index (χ2v) is 17.7. The van der Waals surface area contributed by atoms with Crippen LogP contribution in [0.5, 0.6) is 0 Å². The van der Waals surface area contributed by atoms with Crippen molar-refractivity contribution in [1.82, 2.24) is 4.57 Å². The molecule has 0 atom stereocenters. The zero-order valence-electron chi connectivity index (χ0n) is 34.4. The van der Waals surface area contributed by atoms with E-state index in [0.29, 0.717) is 0 Å². The maximum Gasteiger partial charge on any atom is 0.0541 e. The number of aromatic nitrogens is 1. The third kappa shape index (κ3) is 4.76. The van der Waals surface area contributed by atoms with Gasteiger partial charge in [-0.2, -0.15) is 0 Å². The van der Waals surface area contributed by atoms with Gasteiger partial charge in [-0.05, 0) is 103 Å². The summed E-state index contributed by atoms with van der Waals surface area (Å²) < 4.78 is 2.44. The lowest BCUT2D eigenvalue weighted by molar-refractivity contribution is 0.656. The second kappa shape index (κ2) is 12.7. The first-order valence-electron chi connectivity index (χ1n) is 21.2. The van der Waals surface area contributed by atoms with Crippen molar-refractivity contribution in [3.8, 4) is 39.1 Å². The van der Waals surface area contributed by atoms with Gasteiger partial charge in [0.2, 0.25) is 0 Å². The molecule has 0 radical (unpaired) electrons. The molecule has 1 heterocycles. The molecule has 9 aromatic carbocycles. The number of nitrogens with zero attached hydrogens (tertiary/aromatic N) is 2. The molecule has 12 rings (SSSR count). The third-order valence-electron chi connectivity index (χ3n) is 13.8. The molecular weight excluding hydrogens is 725 g/mol. The van der Waals surface area contributed by atoms with Crippen molar-refractivity contribution >= 4 is 49.6 Å². The lowest BCUT2D eigenvalue weighted by Gasteiger charge is -2.35. The fraction of sp³-hybridized carbons (Fsp3) is 0.103. The van der Waals surface area contributed by atoms with Crippen molar-refractivity contribution < 1.29 is 0 Å². The van der Waals surface area contributed by atoms with Gasteiger partial charge in [-0.15, -0.1) is 0 Å². The molecule has 2 aliphatic carbocycles. The van der Waals surface area contributed by atoms with Gasteiger partial charge in [0.15, 0.2) is 0 Å². The van der Waals surface area contributed by atoms with Crippen LogP contribution in [0.25, 0.3) is 71.6 Å². The monoisotopic (exact) mass is 768 g/mol. The van der Waals surface area contributed by atoms with Crippen molar-refractivity contribution in [1.29, 1.82) is 0 Å². The number of para-hydroxylation sites is 2. The fourth-order valence-electron chi connectivity index (χ4n) is 11.1. The molecule has 10 aromatic rings.